The molecule has 0 spiro atoms. The molecule has 18 heavy (non-hydrogen) atoms. The first-order valence-electron chi connectivity index (χ1n) is 5.69. The van der Waals surface area contributed by atoms with Crippen LogP contribution in [0.25, 0.3) is 10.4 Å². The molecule has 0 amide bonds. The van der Waals surface area contributed by atoms with Crippen LogP contribution >= 0.6 is 11.3 Å². The van der Waals surface area contributed by atoms with E-state index >= 15 is 0 Å². The van der Waals surface area contributed by atoms with Crippen LogP contribution in [-0.2, 0) is 16.4 Å². The van der Waals surface area contributed by atoms with Crippen LogP contribution in [0, 0.1) is 0 Å². The summed E-state index contributed by atoms with van der Waals surface area (Å²) in [6.45, 7) is 2.76. The second-order valence-electron chi connectivity index (χ2n) is 3.63. The molecule has 0 saturated heterocycles. The summed E-state index contributed by atoms with van der Waals surface area (Å²) >= 11 is 1.29. The third-order valence-corrected chi connectivity index (χ3v) is 5.47. The Hall–Kier alpha value is -1.08. The number of azide groups is 1. The van der Waals surface area contributed by atoms with Crippen molar-refractivity contribution in [2.45, 2.75) is 30.4 Å². The lowest BCUT2D eigenvalue weighted by atomic mass is 10.3. The number of sulfonamides is 1. The summed E-state index contributed by atoms with van der Waals surface area (Å²) in [4.78, 5) is 3.68. The van der Waals surface area contributed by atoms with Crippen molar-refractivity contribution in [3.8, 4) is 0 Å². The van der Waals surface area contributed by atoms with Gasteiger partial charge in [-0.1, -0.05) is 12.0 Å². The highest BCUT2D eigenvalue weighted by Crippen LogP contribution is 2.21. The first-order valence-corrected chi connectivity index (χ1v) is 7.99. The maximum Gasteiger partial charge on any atom is 0.250 e. The second-order valence-corrected chi connectivity index (χ2v) is 6.80. The summed E-state index contributed by atoms with van der Waals surface area (Å²) in [5, 5.41) is 3.38. The summed E-state index contributed by atoms with van der Waals surface area (Å²) in [6.07, 6.45) is 2.17. The third-order valence-electron chi connectivity index (χ3n) is 2.29. The number of hydrogen-bond acceptors (Lipinski definition) is 4. The molecule has 0 aliphatic rings. The standard InChI is InChI=1S/C10H16N4O2S2/c1-2-9-5-6-10(17-9)18(15,16)13-8-4-3-7-12-14-11/h5-6,13H,2-4,7-8H2,1H3. The van der Waals surface area contributed by atoms with Gasteiger partial charge in [0, 0.05) is 22.9 Å². The third kappa shape index (κ3) is 4.66. The predicted molar refractivity (Wildman–Crippen MR) is 72.1 cm³/mol. The van der Waals surface area contributed by atoms with Gasteiger partial charge in [-0.15, -0.1) is 11.3 Å². The molecule has 0 radical (unpaired) electrons. The minimum absolute atomic E-state index is 0.356. The largest absolute Gasteiger partial charge is 0.250 e. The molecule has 0 aliphatic carbocycles. The molecule has 1 aromatic heterocycles. The van der Waals surface area contributed by atoms with Gasteiger partial charge in [0.25, 0.3) is 0 Å². The number of nitrogens with one attached hydrogen (secondary N) is 1. The van der Waals surface area contributed by atoms with Gasteiger partial charge in [-0.05, 0) is 36.9 Å². The molecule has 100 valence electrons. The van der Waals surface area contributed by atoms with E-state index in [-0.39, 0.29) is 0 Å². The van der Waals surface area contributed by atoms with Gasteiger partial charge in [0.2, 0.25) is 10.0 Å². The van der Waals surface area contributed by atoms with E-state index in [1.165, 1.54) is 11.3 Å². The van der Waals surface area contributed by atoms with Crippen molar-refractivity contribution < 1.29 is 8.42 Å². The number of thiophene rings is 1. The molecule has 0 fully saturated rings. The molecule has 1 N–H and O–H groups in total. The van der Waals surface area contributed by atoms with Crippen LogP contribution in [-0.4, -0.2) is 21.5 Å². The highest BCUT2D eigenvalue weighted by molar-refractivity contribution is 7.91. The van der Waals surface area contributed by atoms with Crippen molar-refractivity contribution in [1.82, 2.24) is 4.72 Å². The summed E-state index contributed by atoms with van der Waals surface area (Å²) in [6, 6.07) is 3.46. The van der Waals surface area contributed by atoms with Gasteiger partial charge in [0.1, 0.15) is 4.21 Å². The van der Waals surface area contributed by atoms with E-state index in [4.69, 9.17) is 5.53 Å². The number of aryl methyl sites for hydroxylation is 1. The van der Waals surface area contributed by atoms with E-state index in [1.807, 2.05) is 13.0 Å². The monoisotopic (exact) mass is 288 g/mol. The molecule has 0 aliphatic heterocycles. The van der Waals surface area contributed by atoms with Crippen LogP contribution in [0.4, 0.5) is 0 Å². The lowest BCUT2D eigenvalue weighted by molar-refractivity contribution is 0.579. The molecule has 0 aromatic carbocycles. The van der Waals surface area contributed by atoms with Crippen molar-refractivity contribution in [3.05, 3.63) is 27.5 Å². The van der Waals surface area contributed by atoms with Gasteiger partial charge in [-0.25, -0.2) is 13.1 Å². The second kappa shape index (κ2) is 7.38. The topological polar surface area (TPSA) is 94.9 Å². The quantitative estimate of drug-likeness (QED) is 0.344. The van der Waals surface area contributed by atoms with E-state index in [0.29, 0.717) is 30.1 Å². The first-order chi connectivity index (χ1) is 8.60. The van der Waals surface area contributed by atoms with Crippen LogP contribution < -0.4 is 4.72 Å². The van der Waals surface area contributed by atoms with E-state index in [9.17, 15) is 8.42 Å². The Bertz CT molecular complexity index is 518. The van der Waals surface area contributed by atoms with Crippen molar-refractivity contribution in [2.75, 3.05) is 13.1 Å². The van der Waals surface area contributed by atoms with Gasteiger partial charge in [-0.2, -0.15) is 0 Å². The zero-order valence-electron chi connectivity index (χ0n) is 10.2. The molecular weight excluding hydrogens is 272 g/mol. The number of nitrogens with zero attached hydrogens (tertiary/aromatic N) is 3. The summed E-state index contributed by atoms with van der Waals surface area (Å²) < 4.78 is 26.6. The first kappa shape index (κ1) is 15.0. The zero-order valence-corrected chi connectivity index (χ0v) is 11.8. The van der Waals surface area contributed by atoms with Gasteiger partial charge in [-0.3, -0.25) is 0 Å². The van der Waals surface area contributed by atoms with Crippen molar-refractivity contribution in [2.24, 2.45) is 5.11 Å². The fraction of sp³-hybridized carbons (Fsp3) is 0.600. The van der Waals surface area contributed by atoms with Gasteiger partial charge in [0.15, 0.2) is 0 Å². The molecule has 8 heteroatoms. The maximum absolute atomic E-state index is 11.9. The molecule has 0 unspecified atom stereocenters. The predicted octanol–water partition coefficient (Wildman–Crippen LogP) is 2.68. The normalized spacial score (nSPS) is 11.2. The van der Waals surface area contributed by atoms with Crippen LogP contribution in [0.1, 0.15) is 24.6 Å². The average Bonchev–Trinajstić information content (AvgIpc) is 2.83. The Morgan fingerprint density at radius 2 is 2.22 bits per heavy atom. The molecule has 1 heterocycles. The summed E-state index contributed by atoms with van der Waals surface area (Å²) in [7, 11) is -3.38. The summed E-state index contributed by atoms with van der Waals surface area (Å²) in [5.41, 5.74) is 8.07. The van der Waals surface area contributed by atoms with E-state index in [2.05, 4.69) is 14.7 Å². The highest BCUT2D eigenvalue weighted by atomic mass is 32.2. The van der Waals surface area contributed by atoms with Gasteiger partial charge >= 0.3 is 0 Å². The minimum Gasteiger partial charge on any atom is -0.210 e. The van der Waals surface area contributed by atoms with Crippen LogP contribution in [0.3, 0.4) is 0 Å². The number of rotatable bonds is 8. The van der Waals surface area contributed by atoms with E-state index in [0.717, 1.165) is 11.3 Å². The Balaban J connectivity index is 2.42. The molecule has 6 nitrogen and oxygen atoms in total. The van der Waals surface area contributed by atoms with Gasteiger partial charge < -0.3 is 0 Å². The van der Waals surface area contributed by atoms with Crippen LogP contribution in [0.5, 0.6) is 0 Å². The Morgan fingerprint density at radius 3 is 2.83 bits per heavy atom. The lowest BCUT2D eigenvalue weighted by Gasteiger charge is -2.03. The Kier molecular flexibility index (Phi) is 6.14. The molecule has 1 rings (SSSR count). The molecule has 1 aromatic rings. The number of unbranched alkanes of at least 4 members (excludes halogenated alkanes) is 1. The van der Waals surface area contributed by atoms with Crippen molar-refractivity contribution >= 4 is 21.4 Å². The minimum atomic E-state index is -3.38. The fourth-order valence-electron chi connectivity index (χ4n) is 1.32. The molecular formula is C10H16N4O2S2. The Labute approximate surface area is 111 Å². The van der Waals surface area contributed by atoms with Crippen LogP contribution in [0.2, 0.25) is 0 Å². The molecule has 0 atom stereocenters. The van der Waals surface area contributed by atoms with Gasteiger partial charge in [0.05, 0.1) is 0 Å². The molecule has 0 bridgehead atoms. The van der Waals surface area contributed by atoms with Crippen molar-refractivity contribution in [1.29, 1.82) is 0 Å². The smallest absolute Gasteiger partial charge is 0.210 e. The zero-order chi connectivity index (χ0) is 13.4. The van der Waals surface area contributed by atoms with E-state index in [1.54, 1.807) is 6.07 Å². The maximum atomic E-state index is 11.9. The summed E-state index contributed by atoms with van der Waals surface area (Å²) in [5.74, 6) is 0. The average molecular weight is 288 g/mol. The SMILES string of the molecule is CCc1ccc(S(=O)(=O)NCCCCN=[N+]=[N-])s1. The fourth-order valence-corrected chi connectivity index (χ4v) is 3.74. The molecule has 0 saturated carbocycles. The van der Waals surface area contributed by atoms with Crippen molar-refractivity contribution in [3.63, 3.8) is 0 Å². The lowest BCUT2D eigenvalue weighted by Crippen LogP contribution is -2.24. The van der Waals surface area contributed by atoms with Crippen LogP contribution in [0.15, 0.2) is 21.5 Å². The highest BCUT2D eigenvalue weighted by Gasteiger charge is 2.15. The van der Waals surface area contributed by atoms with E-state index < -0.39 is 10.0 Å². The number of hydrogen-bond donors (Lipinski definition) is 1. The Morgan fingerprint density at radius 1 is 1.44 bits per heavy atom.